The van der Waals surface area contributed by atoms with Crippen LogP contribution < -0.4 is 9.80 Å². The molecular weight excluding hydrogens is 352 g/mol. The van der Waals surface area contributed by atoms with Crippen molar-refractivity contribution in [1.29, 1.82) is 0 Å². The number of amides is 2. The van der Waals surface area contributed by atoms with Crippen LogP contribution in [0, 0.1) is 13.8 Å². The van der Waals surface area contributed by atoms with Crippen LogP contribution in [0.2, 0.25) is 0 Å². The highest BCUT2D eigenvalue weighted by atomic mass is 32.2. The van der Waals surface area contributed by atoms with E-state index < -0.39 is 32.3 Å². The van der Waals surface area contributed by atoms with Crippen LogP contribution in [0.1, 0.15) is 16.7 Å². The number of rotatable bonds is 1. The van der Waals surface area contributed by atoms with Crippen molar-refractivity contribution in [2.75, 3.05) is 22.6 Å². The third kappa shape index (κ3) is 1.89. The molecule has 2 aromatic carbocycles. The molecule has 2 aliphatic rings. The number of carbonyl (C=O) groups is 2. The highest BCUT2D eigenvalue weighted by Crippen LogP contribution is 2.52. The topological polar surface area (TPSA) is 74.8 Å². The Morgan fingerprint density at radius 2 is 1.62 bits per heavy atom. The molecule has 0 N–H and O–H groups in total. The van der Waals surface area contributed by atoms with E-state index in [9.17, 15) is 18.0 Å². The first-order chi connectivity index (χ1) is 12.2. The minimum absolute atomic E-state index is 0.331. The van der Waals surface area contributed by atoms with Gasteiger partial charge in [0.05, 0.1) is 5.69 Å². The zero-order chi connectivity index (χ0) is 18.9. The predicted octanol–water partition coefficient (Wildman–Crippen LogP) is 1.89. The Morgan fingerprint density at radius 1 is 1.00 bits per heavy atom. The molecule has 1 saturated heterocycles. The summed E-state index contributed by atoms with van der Waals surface area (Å²) in [7, 11) is -2.53. The maximum atomic E-state index is 13.3. The number of aryl methyl sites for hydroxylation is 2. The van der Waals surface area contributed by atoms with Gasteiger partial charge in [-0.15, -0.1) is 0 Å². The maximum absolute atomic E-state index is 13.3. The summed E-state index contributed by atoms with van der Waals surface area (Å²) >= 11 is 0. The predicted molar refractivity (Wildman–Crippen MR) is 98.7 cm³/mol. The van der Waals surface area contributed by atoms with Gasteiger partial charge in [-0.05, 0) is 43.2 Å². The van der Waals surface area contributed by atoms with Gasteiger partial charge in [0.1, 0.15) is 5.75 Å². The van der Waals surface area contributed by atoms with Crippen molar-refractivity contribution in [1.82, 2.24) is 0 Å². The molecule has 26 heavy (non-hydrogen) atoms. The van der Waals surface area contributed by atoms with E-state index in [4.69, 9.17) is 0 Å². The molecule has 134 valence electrons. The van der Waals surface area contributed by atoms with Gasteiger partial charge in [0, 0.05) is 18.3 Å². The van der Waals surface area contributed by atoms with Gasteiger partial charge in [0.2, 0.25) is 5.91 Å². The minimum atomic E-state index is -4.07. The lowest BCUT2D eigenvalue weighted by molar-refractivity contribution is -0.123. The van der Waals surface area contributed by atoms with Gasteiger partial charge in [0.25, 0.3) is 10.8 Å². The highest BCUT2D eigenvalue weighted by molar-refractivity contribution is 7.94. The number of anilines is 2. The lowest BCUT2D eigenvalue weighted by atomic mass is 10.0. The van der Waals surface area contributed by atoms with Crippen molar-refractivity contribution in [3.63, 3.8) is 0 Å². The minimum Gasteiger partial charge on any atom is -0.312 e. The summed E-state index contributed by atoms with van der Waals surface area (Å²) in [5.74, 6) is -1.90. The Bertz CT molecular complexity index is 1060. The van der Waals surface area contributed by atoms with E-state index in [2.05, 4.69) is 0 Å². The first kappa shape index (κ1) is 16.8. The highest BCUT2D eigenvalue weighted by Gasteiger charge is 2.69. The van der Waals surface area contributed by atoms with Crippen LogP contribution in [0.25, 0.3) is 0 Å². The first-order valence-electron chi connectivity index (χ1n) is 8.21. The molecular formula is C19H18N2O4S. The molecule has 2 amide bonds. The molecule has 7 heteroatoms. The molecule has 0 radical (unpaired) electrons. The molecule has 2 aliphatic heterocycles. The van der Waals surface area contributed by atoms with Gasteiger partial charge in [-0.2, -0.15) is 0 Å². The average Bonchev–Trinajstić information content (AvgIpc) is 2.91. The number of sulfone groups is 1. The lowest BCUT2D eigenvalue weighted by Gasteiger charge is -2.32. The van der Waals surface area contributed by atoms with E-state index >= 15 is 0 Å². The molecule has 2 aromatic rings. The standard InChI is InChI=1S/C19H18N2O4S/c1-12-8-13(2)10-14(9-12)21-17(22)11-26(24,25)19(21)15-6-4-5-7-16(15)20(3)18(19)23/h4-10H,11H2,1-3H3. The number of para-hydroxylation sites is 1. The van der Waals surface area contributed by atoms with Gasteiger partial charge >= 0.3 is 0 Å². The fourth-order valence-electron chi connectivity index (χ4n) is 4.07. The monoisotopic (exact) mass is 370 g/mol. The van der Waals surface area contributed by atoms with E-state index in [-0.39, 0.29) is 0 Å². The number of fused-ring (bicyclic) bond motifs is 2. The van der Waals surface area contributed by atoms with E-state index in [1.54, 1.807) is 36.4 Å². The second kappa shape index (κ2) is 5.17. The molecule has 1 unspecified atom stereocenters. The fraction of sp³-hybridized carbons (Fsp3) is 0.263. The van der Waals surface area contributed by atoms with Crippen LogP contribution >= 0.6 is 0 Å². The zero-order valence-corrected chi connectivity index (χ0v) is 15.5. The molecule has 0 aliphatic carbocycles. The van der Waals surface area contributed by atoms with Crippen LogP contribution in [0.3, 0.4) is 0 Å². The Balaban J connectivity index is 2.10. The molecule has 1 spiro atoms. The molecule has 0 bridgehead atoms. The van der Waals surface area contributed by atoms with Gasteiger partial charge < -0.3 is 4.90 Å². The number of carbonyl (C=O) groups excluding carboxylic acids is 2. The van der Waals surface area contributed by atoms with E-state index in [1.807, 2.05) is 19.9 Å². The van der Waals surface area contributed by atoms with Crippen molar-refractivity contribution in [2.45, 2.75) is 18.7 Å². The van der Waals surface area contributed by atoms with Crippen molar-refractivity contribution in [3.8, 4) is 0 Å². The van der Waals surface area contributed by atoms with Gasteiger partial charge in [0.15, 0.2) is 9.84 Å². The van der Waals surface area contributed by atoms with Crippen molar-refractivity contribution >= 4 is 33.0 Å². The van der Waals surface area contributed by atoms with Crippen LogP contribution in [-0.4, -0.2) is 33.0 Å². The van der Waals surface area contributed by atoms with E-state index in [0.29, 0.717) is 16.9 Å². The van der Waals surface area contributed by atoms with Crippen LogP contribution in [0.4, 0.5) is 11.4 Å². The molecule has 1 fully saturated rings. The molecule has 0 saturated carbocycles. The van der Waals surface area contributed by atoms with Crippen LogP contribution in [0.15, 0.2) is 42.5 Å². The molecule has 6 nitrogen and oxygen atoms in total. The summed E-state index contributed by atoms with van der Waals surface area (Å²) < 4.78 is 26.3. The number of benzene rings is 2. The maximum Gasteiger partial charge on any atom is 0.273 e. The van der Waals surface area contributed by atoms with E-state index in [1.165, 1.54) is 16.8 Å². The van der Waals surface area contributed by atoms with Gasteiger partial charge in [-0.25, -0.2) is 8.42 Å². The fourth-order valence-corrected chi connectivity index (χ4v) is 6.13. The number of likely N-dealkylation sites (N-methyl/N-ethyl adjacent to an activating group) is 1. The number of hydrogen-bond donors (Lipinski definition) is 0. The van der Waals surface area contributed by atoms with E-state index in [0.717, 1.165) is 11.1 Å². The Kier molecular flexibility index (Phi) is 3.34. The summed E-state index contributed by atoms with van der Waals surface area (Å²) in [6, 6.07) is 12.1. The van der Waals surface area contributed by atoms with Crippen LogP contribution in [-0.2, 0) is 24.3 Å². The van der Waals surface area contributed by atoms with Crippen molar-refractivity contribution in [2.24, 2.45) is 0 Å². The quantitative estimate of drug-likeness (QED) is 0.768. The van der Waals surface area contributed by atoms with Crippen molar-refractivity contribution in [3.05, 3.63) is 59.2 Å². The molecule has 2 heterocycles. The van der Waals surface area contributed by atoms with Gasteiger partial charge in [-0.3, -0.25) is 14.5 Å². The number of hydrogen-bond acceptors (Lipinski definition) is 4. The zero-order valence-electron chi connectivity index (χ0n) is 14.7. The SMILES string of the molecule is Cc1cc(C)cc(N2C(=O)CS(=O)(=O)C23C(=O)N(C)c2ccccc23)c1. The van der Waals surface area contributed by atoms with Crippen molar-refractivity contribution < 1.29 is 18.0 Å². The summed E-state index contributed by atoms with van der Waals surface area (Å²) in [5.41, 5.74) is 3.04. The molecule has 1 atom stereocenters. The Hall–Kier alpha value is -2.67. The Labute approximate surface area is 151 Å². The Morgan fingerprint density at radius 3 is 2.27 bits per heavy atom. The summed E-state index contributed by atoms with van der Waals surface area (Å²) in [6.07, 6.45) is 0. The molecule has 0 aromatic heterocycles. The molecule has 4 rings (SSSR count). The largest absolute Gasteiger partial charge is 0.312 e. The van der Waals surface area contributed by atoms with Crippen LogP contribution in [0.5, 0.6) is 0 Å². The third-order valence-corrected chi connectivity index (χ3v) is 7.12. The second-order valence-corrected chi connectivity index (χ2v) is 8.97. The second-order valence-electron chi connectivity index (χ2n) is 6.86. The van der Waals surface area contributed by atoms with Gasteiger partial charge in [-0.1, -0.05) is 24.3 Å². The smallest absolute Gasteiger partial charge is 0.273 e. The lowest BCUT2D eigenvalue weighted by Crippen LogP contribution is -2.53. The summed E-state index contributed by atoms with van der Waals surface area (Å²) in [4.78, 5) is 26.5. The number of nitrogens with zero attached hydrogens (tertiary/aromatic N) is 2. The summed E-state index contributed by atoms with van der Waals surface area (Å²) in [6.45, 7) is 3.74. The average molecular weight is 370 g/mol. The third-order valence-electron chi connectivity index (χ3n) is 5.02. The normalized spacial score (nSPS) is 23.8. The first-order valence-corrected chi connectivity index (χ1v) is 9.86. The summed E-state index contributed by atoms with van der Waals surface area (Å²) in [5, 5.41) is 0.